The first kappa shape index (κ1) is 11.8. The van der Waals surface area contributed by atoms with Crippen LogP contribution in [-0.2, 0) is 4.79 Å². The molecule has 72 valence electrons. The highest BCUT2D eigenvalue weighted by Gasteiger charge is 2.11. The van der Waals surface area contributed by atoms with Gasteiger partial charge in [-0.2, -0.15) is 11.8 Å². The molecule has 0 saturated carbocycles. The van der Waals surface area contributed by atoms with Gasteiger partial charge in [0.2, 0.25) is 0 Å². The molecule has 0 fully saturated rings. The molecule has 0 aromatic rings. The number of carbonyl (C=O) groups is 1. The highest BCUT2D eigenvalue weighted by atomic mass is 32.2. The largest absolute Gasteiger partial charge is 0.481 e. The van der Waals surface area contributed by atoms with E-state index in [2.05, 4.69) is 13.8 Å². The van der Waals surface area contributed by atoms with Gasteiger partial charge in [0.05, 0.1) is 6.42 Å². The fourth-order valence-corrected chi connectivity index (χ4v) is 2.04. The maximum atomic E-state index is 10.3. The summed E-state index contributed by atoms with van der Waals surface area (Å²) in [6.07, 6.45) is 0.861. The number of hydrogen-bond acceptors (Lipinski definition) is 3. The minimum Gasteiger partial charge on any atom is -0.481 e. The van der Waals surface area contributed by atoms with Gasteiger partial charge >= 0.3 is 5.97 Å². The predicted molar refractivity (Wildman–Crippen MR) is 52.4 cm³/mol. The van der Waals surface area contributed by atoms with Crippen LogP contribution in [0.15, 0.2) is 0 Å². The minimum atomic E-state index is -0.809. The molecule has 0 aromatic heterocycles. The van der Waals surface area contributed by atoms with E-state index >= 15 is 0 Å². The van der Waals surface area contributed by atoms with E-state index in [1.807, 2.05) is 11.8 Å². The highest BCUT2D eigenvalue weighted by Crippen LogP contribution is 2.15. The number of rotatable bonds is 6. The van der Waals surface area contributed by atoms with Crippen molar-refractivity contribution in [3.8, 4) is 0 Å². The van der Waals surface area contributed by atoms with Gasteiger partial charge in [0.15, 0.2) is 0 Å². The number of aliphatic carboxylic acids is 1. The molecule has 0 aliphatic rings. The van der Waals surface area contributed by atoms with Crippen LogP contribution in [0.3, 0.4) is 0 Å². The van der Waals surface area contributed by atoms with Gasteiger partial charge in [-0.1, -0.05) is 13.8 Å². The van der Waals surface area contributed by atoms with Gasteiger partial charge < -0.3 is 10.8 Å². The summed E-state index contributed by atoms with van der Waals surface area (Å²) in [6.45, 7) is 4.17. The summed E-state index contributed by atoms with van der Waals surface area (Å²) in [5.74, 6) is 0.247. The van der Waals surface area contributed by atoms with Crippen LogP contribution in [-0.4, -0.2) is 28.1 Å². The molecule has 0 spiro atoms. The second-order valence-corrected chi connectivity index (χ2v) is 4.58. The van der Waals surface area contributed by atoms with Crippen molar-refractivity contribution in [2.75, 3.05) is 5.75 Å². The Morgan fingerprint density at radius 3 is 2.67 bits per heavy atom. The topological polar surface area (TPSA) is 63.3 Å². The molecule has 0 aromatic carbocycles. The van der Waals surface area contributed by atoms with Crippen molar-refractivity contribution in [3.63, 3.8) is 0 Å². The van der Waals surface area contributed by atoms with Gasteiger partial charge in [0.1, 0.15) is 0 Å². The van der Waals surface area contributed by atoms with Gasteiger partial charge in [0, 0.05) is 11.3 Å². The van der Waals surface area contributed by atoms with Crippen LogP contribution in [0, 0.1) is 0 Å². The average Bonchev–Trinajstić information content (AvgIpc) is 1.84. The smallest absolute Gasteiger partial charge is 0.304 e. The molecule has 0 aliphatic heterocycles. The normalized spacial score (nSPS) is 15.6. The predicted octanol–water partition coefficient (Wildman–Crippen LogP) is 1.32. The Bertz CT molecular complexity index is 141. The molecule has 0 bridgehead atoms. The van der Waals surface area contributed by atoms with Crippen LogP contribution in [0.25, 0.3) is 0 Å². The first-order chi connectivity index (χ1) is 5.56. The third-order valence-electron chi connectivity index (χ3n) is 1.52. The van der Waals surface area contributed by atoms with Crippen LogP contribution in [0.4, 0.5) is 0 Å². The summed E-state index contributed by atoms with van der Waals surface area (Å²) in [7, 11) is 0. The first-order valence-corrected chi connectivity index (χ1v) is 5.20. The molecular weight excluding hydrogens is 174 g/mol. The van der Waals surface area contributed by atoms with Crippen molar-refractivity contribution in [2.24, 2.45) is 5.73 Å². The van der Waals surface area contributed by atoms with E-state index in [9.17, 15) is 4.79 Å². The summed E-state index contributed by atoms with van der Waals surface area (Å²) in [5, 5.41) is 8.90. The minimum absolute atomic E-state index is 0.0780. The molecule has 0 rings (SSSR count). The Labute approximate surface area is 77.7 Å². The second kappa shape index (κ2) is 6.31. The second-order valence-electron chi connectivity index (χ2n) is 2.86. The molecule has 0 heterocycles. The molecule has 3 N–H and O–H groups in total. The summed E-state index contributed by atoms with van der Waals surface area (Å²) < 4.78 is 0. The Morgan fingerprint density at radius 2 is 2.25 bits per heavy atom. The van der Waals surface area contributed by atoms with E-state index in [1.165, 1.54) is 0 Å². The van der Waals surface area contributed by atoms with Crippen LogP contribution in [0.1, 0.15) is 26.7 Å². The molecule has 0 amide bonds. The lowest BCUT2D eigenvalue weighted by Gasteiger charge is -2.14. The number of hydrogen-bond donors (Lipinski definition) is 2. The Hall–Kier alpha value is -0.220. The van der Waals surface area contributed by atoms with Crippen molar-refractivity contribution < 1.29 is 9.90 Å². The van der Waals surface area contributed by atoms with E-state index in [4.69, 9.17) is 10.8 Å². The van der Waals surface area contributed by atoms with Gasteiger partial charge in [-0.25, -0.2) is 0 Å². The standard InChI is InChI=1S/C8H17NO2S/c1-3-12-6(2)4-7(9)5-8(10)11/h6-7H,3-5,9H2,1-2H3,(H,10,11)/t6-,7-/m0/s1. The van der Waals surface area contributed by atoms with Crippen LogP contribution in [0.5, 0.6) is 0 Å². The molecule has 2 atom stereocenters. The number of carboxylic acids is 1. The van der Waals surface area contributed by atoms with Crippen LogP contribution in [0.2, 0.25) is 0 Å². The monoisotopic (exact) mass is 191 g/mol. The Morgan fingerprint density at radius 1 is 1.67 bits per heavy atom. The molecule has 12 heavy (non-hydrogen) atoms. The van der Waals surface area contributed by atoms with Gasteiger partial charge in [-0.15, -0.1) is 0 Å². The Kier molecular flexibility index (Phi) is 6.20. The lowest BCUT2D eigenvalue weighted by atomic mass is 10.1. The molecule has 3 nitrogen and oxygen atoms in total. The molecule has 4 heteroatoms. The summed E-state index contributed by atoms with van der Waals surface area (Å²) in [6, 6.07) is -0.198. The summed E-state index contributed by atoms with van der Waals surface area (Å²) in [4.78, 5) is 10.3. The van der Waals surface area contributed by atoms with E-state index in [1.54, 1.807) is 0 Å². The van der Waals surface area contributed by atoms with Crippen molar-refractivity contribution in [3.05, 3.63) is 0 Å². The molecule has 0 radical (unpaired) electrons. The average molecular weight is 191 g/mol. The van der Waals surface area contributed by atoms with E-state index < -0.39 is 5.97 Å². The third-order valence-corrected chi connectivity index (χ3v) is 2.62. The fraction of sp³-hybridized carbons (Fsp3) is 0.875. The summed E-state index contributed by atoms with van der Waals surface area (Å²) in [5.41, 5.74) is 5.61. The van der Waals surface area contributed by atoms with Crippen molar-refractivity contribution in [1.82, 2.24) is 0 Å². The highest BCUT2D eigenvalue weighted by molar-refractivity contribution is 7.99. The van der Waals surface area contributed by atoms with Crippen molar-refractivity contribution >= 4 is 17.7 Å². The lowest BCUT2D eigenvalue weighted by molar-refractivity contribution is -0.137. The van der Waals surface area contributed by atoms with Crippen molar-refractivity contribution in [2.45, 2.75) is 38.0 Å². The molecular formula is C8H17NO2S. The quantitative estimate of drug-likeness (QED) is 0.664. The fourth-order valence-electron chi connectivity index (χ4n) is 1.09. The van der Waals surface area contributed by atoms with Crippen LogP contribution < -0.4 is 5.73 Å². The van der Waals surface area contributed by atoms with E-state index in [-0.39, 0.29) is 12.5 Å². The van der Waals surface area contributed by atoms with E-state index in [0.29, 0.717) is 5.25 Å². The van der Waals surface area contributed by atoms with Gasteiger partial charge in [-0.3, -0.25) is 4.79 Å². The zero-order valence-corrected chi connectivity index (χ0v) is 8.43. The Balaban J connectivity index is 3.53. The summed E-state index contributed by atoms with van der Waals surface area (Å²) >= 11 is 1.81. The number of carboxylic acid groups (broad SMARTS) is 1. The zero-order chi connectivity index (χ0) is 9.56. The first-order valence-electron chi connectivity index (χ1n) is 4.15. The molecule has 0 unspecified atom stereocenters. The third kappa shape index (κ3) is 6.49. The van der Waals surface area contributed by atoms with Crippen LogP contribution >= 0.6 is 11.8 Å². The van der Waals surface area contributed by atoms with Crippen molar-refractivity contribution in [1.29, 1.82) is 0 Å². The SMILES string of the molecule is CCS[C@@H](C)C[C@H](N)CC(=O)O. The maximum absolute atomic E-state index is 10.3. The molecule has 0 saturated heterocycles. The van der Waals surface area contributed by atoms with E-state index in [0.717, 1.165) is 12.2 Å². The zero-order valence-electron chi connectivity index (χ0n) is 7.62. The number of thioether (sulfide) groups is 1. The van der Waals surface area contributed by atoms with Gasteiger partial charge in [0.25, 0.3) is 0 Å². The van der Waals surface area contributed by atoms with Gasteiger partial charge in [-0.05, 0) is 12.2 Å². The number of nitrogens with two attached hydrogens (primary N) is 1. The molecule has 0 aliphatic carbocycles. The maximum Gasteiger partial charge on any atom is 0.304 e. The lowest BCUT2D eigenvalue weighted by Crippen LogP contribution is -2.26.